The van der Waals surface area contributed by atoms with Crippen LogP contribution in [0, 0.1) is 11.3 Å². The maximum absolute atomic E-state index is 8.35. The summed E-state index contributed by atoms with van der Waals surface area (Å²) in [5, 5.41) is 12.1. The Morgan fingerprint density at radius 1 is 1.42 bits per heavy atom. The van der Waals surface area contributed by atoms with Crippen molar-refractivity contribution in [3.05, 3.63) is 30.3 Å². The van der Waals surface area contributed by atoms with Gasteiger partial charge < -0.3 is 0 Å². The van der Waals surface area contributed by atoms with Crippen LogP contribution in [0.4, 0.5) is 5.69 Å². The Kier molecular flexibility index (Phi) is 3.30. The molecule has 0 amide bonds. The molecular formula is C8H6BrN3. The quantitative estimate of drug-likeness (QED) is 0.619. The number of para-hydroxylation sites is 1. The highest BCUT2D eigenvalue weighted by Crippen LogP contribution is 2.04. The zero-order valence-electron chi connectivity index (χ0n) is 6.16. The van der Waals surface area contributed by atoms with Gasteiger partial charge in [-0.15, -0.1) is 0 Å². The van der Waals surface area contributed by atoms with E-state index in [1.165, 1.54) is 0 Å². The van der Waals surface area contributed by atoms with Crippen molar-refractivity contribution in [3.63, 3.8) is 0 Å². The Morgan fingerprint density at radius 2 is 2.08 bits per heavy atom. The lowest BCUT2D eigenvalue weighted by Gasteiger charge is -1.96. The van der Waals surface area contributed by atoms with Crippen LogP contribution in [0.1, 0.15) is 0 Å². The Balaban J connectivity index is 2.61. The summed E-state index contributed by atoms with van der Waals surface area (Å²) < 4.78 is 0.228. The summed E-state index contributed by atoms with van der Waals surface area (Å²) in [4.78, 5) is 0. The fraction of sp³-hybridized carbons (Fsp3) is 0. The Bertz CT molecular complexity index is 313. The first kappa shape index (κ1) is 8.75. The second-order valence-corrected chi connectivity index (χ2v) is 2.74. The van der Waals surface area contributed by atoms with Crippen molar-refractivity contribution >= 4 is 26.2 Å². The fourth-order valence-electron chi connectivity index (χ4n) is 0.651. The second-order valence-electron chi connectivity index (χ2n) is 1.99. The van der Waals surface area contributed by atoms with Crippen LogP contribution in [-0.2, 0) is 0 Å². The fourth-order valence-corrected chi connectivity index (χ4v) is 0.740. The van der Waals surface area contributed by atoms with E-state index in [9.17, 15) is 0 Å². The van der Waals surface area contributed by atoms with Crippen LogP contribution in [0.5, 0.6) is 0 Å². The molecule has 1 aromatic carbocycles. The molecule has 0 heterocycles. The molecule has 0 unspecified atom stereocenters. The van der Waals surface area contributed by atoms with E-state index in [0.717, 1.165) is 5.69 Å². The summed E-state index contributed by atoms with van der Waals surface area (Å²) in [6, 6.07) is 11.2. The standard InChI is InChI=1S/C8H6BrN3/c9-8(6-10)12-11-7-4-2-1-3-5-7/h1-5,11H/b12-8-. The van der Waals surface area contributed by atoms with Gasteiger partial charge in [0.05, 0.1) is 5.69 Å². The number of hydrogen-bond acceptors (Lipinski definition) is 3. The molecule has 0 aliphatic carbocycles. The van der Waals surface area contributed by atoms with Crippen LogP contribution in [0.15, 0.2) is 35.4 Å². The lowest BCUT2D eigenvalue weighted by molar-refractivity contribution is 1.35. The third-order valence-electron chi connectivity index (χ3n) is 1.15. The minimum atomic E-state index is 0.228. The number of hydrazone groups is 1. The van der Waals surface area contributed by atoms with E-state index in [1.54, 1.807) is 0 Å². The number of rotatable bonds is 2. The molecule has 1 N–H and O–H groups in total. The van der Waals surface area contributed by atoms with Crippen LogP contribution in [0.25, 0.3) is 0 Å². The van der Waals surface area contributed by atoms with Crippen LogP contribution in [0.3, 0.4) is 0 Å². The first-order valence-electron chi connectivity index (χ1n) is 3.27. The molecule has 0 atom stereocenters. The lowest BCUT2D eigenvalue weighted by atomic mass is 10.3. The monoisotopic (exact) mass is 223 g/mol. The van der Waals surface area contributed by atoms with Crippen molar-refractivity contribution in [1.29, 1.82) is 5.26 Å². The molecule has 0 spiro atoms. The van der Waals surface area contributed by atoms with Crippen molar-refractivity contribution in [3.8, 4) is 6.07 Å². The molecule has 60 valence electrons. The summed E-state index contributed by atoms with van der Waals surface area (Å²) in [7, 11) is 0. The number of halogens is 1. The number of benzene rings is 1. The van der Waals surface area contributed by atoms with E-state index in [2.05, 4.69) is 26.5 Å². The molecule has 4 heteroatoms. The summed E-state index contributed by atoms with van der Waals surface area (Å²) in [5.74, 6) is 0. The van der Waals surface area contributed by atoms with Crippen molar-refractivity contribution in [1.82, 2.24) is 0 Å². The van der Waals surface area contributed by atoms with E-state index < -0.39 is 0 Å². The molecule has 0 aliphatic heterocycles. The number of nitrogens with zero attached hydrogens (tertiary/aromatic N) is 2. The molecule has 1 rings (SSSR count). The van der Waals surface area contributed by atoms with Crippen molar-refractivity contribution in [2.75, 3.05) is 5.43 Å². The molecule has 3 nitrogen and oxygen atoms in total. The third-order valence-corrected chi connectivity index (χ3v) is 1.50. The maximum Gasteiger partial charge on any atom is 0.203 e. The molecule has 0 aliphatic rings. The van der Waals surface area contributed by atoms with Gasteiger partial charge in [-0.2, -0.15) is 10.4 Å². The molecule has 12 heavy (non-hydrogen) atoms. The molecular weight excluding hydrogens is 218 g/mol. The highest BCUT2D eigenvalue weighted by molar-refractivity contribution is 9.18. The molecule has 0 saturated carbocycles. The van der Waals surface area contributed by atoms with E-state index in [4.69, 9.17) is 5.26 Å². The lowest BCUT2D eigenvalue weighted by Crippen LogP contribution is -1.90. The van der Waals surface area contributed by atoms with Crippen molar-refractivity contribution in [2.45, 2.75) is 0 Å². The normalized spacial score (nSPS) is 10.5. The highest BCUT2D eigenvalue weighted by atomic mass is 79.9. The third kappa shape index (κ3) is 2.72. The average molecular weight is 224 g/mol. The van der Waals surface area contributed by atoms with Gasteiger partial charge in [0.1, 0.15) is 6.07 Å². The predicted molar refractivity (Wildman–Crippen MR) is 52.0 cm³/mol. The Labute approximate surface area is 78.8 Å². The number of nitrogens with one attached hydrogen (secondary N) is 1. The van der Waals surface area contributed by atoms with Gasteiger partial charge in [-0.3, -0.25) is 5.43 Å². The number of nitriles is 1. The van der Waals surface area contributed by atoms with E-state index >= 15 is 0 Å². The van der Waals surface area contributed by atoms with Gasteiger partial charge in [-0.1, -0.05) is 18.2 Å². The van der Waals surface area contributed by atoms with Gasteiger partial charge in [-0.05, 0) is 28.1 Å². The van der Waals surface area contributed by atoms with Gasteiger partial charge >= 0.3 is 0 Å². The summed E-state index contributed by atoms with van der Waals surface area (Å²) in [5.41, 5.74) is 3.57. The molecule has 0 saturated heterocycles. The molecule has 0 fully saturated rings. The van der Waals surface area contributed by atoms with Gasteiger partial charge in [0.25, 0.3) is 0 Å². The van der Waals surface area contributed by atoms with E-state index in [1.807, 2.05) is 36.4 Å². The SMILES string of the molecule is N#C/C(Br)=N/Nc1ccccc1. The Hall–Kier alpha value is -1.34. The number of hydrogen-bond donors (Lipinski definition) is 1. The summed E-state index contributed by atoms with van der Waals surface area (Å²) in [6.45, 7) is 0. The summed E-state index contributed by atoms with van der Waals surface area (Å²) in [6.07, 6.45) is 0. The van der Waals surface area contributed by atoms with Gasteiger partial charge in [0.15, 0.2) is 0 Å². The Morgan fingerprint density at radius 3 is 2.67 bits per heavy atom. The largest absolute Gasteiger partial charge is 0.277 e. The molecule has 0 aromatic heterocycles. The molecule has 0 bridgehead atoms. The zero-order valence-corrected chi connectivity index (χ0v) is 7.75. The zero-order chi connectivity index (χ0) is 8.81. The van der Waals surface area contributed by atoms with Crippen molar-refractivity contribution < 1.29 is 0 Å². The van der Waals surface area contributed by atoms with Crippen LogP contribution >= 0.6 is 15.9 Å². The summed E-state index contributed by atoms with van der Waals surface area (Å²) >= 11 is 2.96. The van der Waals surface area contributed by atoms with Crippen LogP contribution < -0.4 is 5.43 Å². The predicted octanol–water partition coefficient (Wildman–Crippen LogP) is 2.33. The van der Waals surface area contributed by atoms with Crippen LogP contribution in [0.2, 0.25) is 0 Å². The van der Waals surface area contributed by atoms with Gasteiger partial charge in [0, 0.05) is 0 Å². The molecule has 1 aromatic rings. The first-order chi connectivity index (χ1) is 5.83. The smallest absolute Gasteiger partial charge is 0.203 e. The van der Waals surface area contributed by atoms with Gasteiger partial charge in [0.2, 0.25) is 4.62 Å². The topological polar surface area (TPSA) is 48.2 Å². The van der Waals surface area contributed by atoms with Crippen molar-refractivity contribution in [2.24, 2.45) is 5.10 Å². The second kappa shape index (κ2) is 4.52. The average Bonchev–Trinajstić information content (AvgIpc) is 2.16. The maximum atomic E-state index is 8.35. The first-order valence-corrected chi connectivity index (χ1v) is 4.06. The minimum absolute atomic E-state index is 0.228. The molecule has 0 radical (unpaired) electrons. The van der Waals surface area contributed by atoms with Crippen LogP contribution in [-0.4, -0.2) is 4.62 Å². The minimum Gasteiger partial charge on any atom is -0.277 e. The number of anilines is 1. The van der Waals surface area contributed by atoms with E-state index in [-0.39, 0.29) is 4.62 Å². The van der Waals surface area contributed by atoms with E-state index in [0.29, 0.717) is 0 Å². The highest BCUT2D eigenvalue weighted by Gasteiger charge is 1.88. The van der Waals surface area contributed by atoms with Gasteiger partial charge in [-0.25, -0.2) is 0 Å².